The highest BCUT2D eigenvalue weighted by atomic mass is 79.9. The number of benzene rings is 1. The van der Waals surface area contributed by atoms with Crippen LogP contribution in [0.2, 0.25) is 0 Å². The lowest BCUT2D eigenvalue weighted by molar-refractivity contribution is 0.114. The van der Waals surface area contributed by atoms with Gasteiger partial charge in [-0.2, -0.15) is 5.10 Å². The molecule has 2 rings (SSSR count). The standard InChI is InChI=1S/C15H20BrN3OS/c1-2-14(11-5-3-6-12(16)9-11)18-19-15(21)17-10-13-7-4-8-20-13/h3,5-6,9,13H,2,4,7-8,10H2,1H3,(H2,17,19,21)/b18-14-/t13-/m1/s1. The molecule has 6 heteroatoms. The minimum Gasteiger partial charge on any atom is -0.376 e. The van der Waals surface area contributed by atoms with Gasteiger partial charge in [0.25, 0.3) is 0 Å². The van der Waals surface area contributed by atoms with Crippen LogP contribution in [0.25, 0.3) is 0 Å². The van der Waals surface area contributed by atoms with Gasteiger partial charge in [-0.05, 0) is 49.2 Å². The molecule has 0 bridgehead atoms. The third kappa shape index (κ3) is 5.37. The van der Waals surface area contributed by atoms with E-state index in [-0.39, 0.29) is 6.10 Å². The van der Waals surface area contributed by atoms with Gasteiger partial charge in [0.1, 0.15) is 0 Å². The van der Waals surface area contributed by atoms with E-state index in [1.165, 1.54) is 0 Å². The molecular weight excluding hydrogens is 350 g/mol. The Morgan fingerprint density at radius 3 is 3.05 bits per heavy atom. The number of rotatable bonds is 5. The van der Waals surface area contributed by atoms with Crippen LogP contribution in [0.15, 0.2) is 33.8 Å². The van der Waals surface area contributed by atoms with Crippen molar-refractivity contribution in [2.24, 2.45) is 5.10 Å². The van der Waals surface area contributed by atoms with Crippen LogP contribution in [0.4, 0.5) is 0 Å². The molecule has 1 fully saturated rings. The lowest BCUT2D eigenvalue weighted by Gasteiger charge is -2.12. The lowest BCUT2D eigenvalue weighted by atomic mass is 10.1. The van der Waals surface area contributed by atoms with E-state index in [9.17, 15) is 0 Å². The van der Waals surface area contributed by atoms with E-state index < -0.39 is 0 Å². The predicted molar refractivity (Wildman–Crippen MR) is 93.7 cm³/mol. The topological polar surface area (TPSA) is 45.7 Å². The fourth-order valence-corrected chi connectivity index (χ4v) is 2.71. The molecule has 1 aromatic rings. The van der Waals surface area contributed by atoms with Crippen molar-refractivity contribution in [2.45, 2.75) is 32.3 Å². The zero-order valence-electron chi connectivity index (χ0n) is 12.1. The molecule has 0 aliphatic carbocycles. The van der Waals surface area contributed by atoms with Crippen LogP contribution in [0.5, 0.6) is 0 Å². The smallest absolute Gasteiger partial charge is 0.187 e. The van der Waals surface area contributed by atoms with Gasteiger partial charge in [0.15, 0.2) is 5.11 Å². The molecule has 1 aliphatic rings. The number of hydrazone groups is 1. The fraction of sp³-hybridized carbons (Fsp3) is 0.467. The zero-order chi connectivity index (χ0) is 15.1. The highest BCUT2D eigenvalue weighted by Crippen LogP contribution is 2.13. The van der Waals surface area contributed by atoms with Gasteiger partial charge in [0, 0.05) is 17.6 Å². The summed E-state index contributed by atoms with van der Waals surface area (Å²) in [6.07, 6.45) is 3.33. The molecule has 0 saturated carbocycles. The minimum absolute atomic E-state index is 0.268. The molecule has 2 N–H and O–H groups in total. The molecule has 1 aromatic carbocycles. The van der Waals surface area contributed by atoms with Crippen LogP contribution in [-0.2, 0) is 4.74 Å². The third-order valence-corrected chi connectivity index (χ3v) is 4.03. The van der Waals surface area contributed by atoms with Crippen molar-refractivity contribution in [2.75, 3.05) is 13.2 Å². The zero-order valence-corrected chi connectivity index (χ0v) is 14.5. The molecular formula is C15H20BrN3OS. The highest BCUT2D eigenvalue weighted by Gasteiger charge is 2.15. The van der Waals surface area contributed by atoms with Gasteiger partial charge in [0.2, 0.25) is 0 Å². The van der Waals surface area contributed by atoms with Crippen molar-refractivity contribution in [1.82, 2.24) is 10.7 Å². The molecule has 1 aliphatic heterocycles. The molecule has 0 aromatic heterocycles. The molecule has 1 atom stereocenters. The van der Waals surface area contributed by atoms with Crippen molar-refractivity contribution in [3.05, 3.63) is 34.3 Å². The summed E-state index contributed by atoms with van der Waals surface area (Å²) in [7, 11) is 0. The Kier molecular flexibility index (Phi) is 6.60. The molecule has 0 unspecified atom stereocenters. The van der Waals surface area contributed by atoms with Crippen molar-refractivity contribution >= 4 is 39.0 Å². The van der Waals surface area contributed by atoms with Crippen LogP contribution in [0, 0.1) is 0 Å². The first-order chi connectivity index (χ1) is 10.2. The number of thiocarbonyl (C=S) groups is 1. The Labute approximate surface area is 139 Å². The summed E-state index contributed by atoms with van der Waals surface area (Å²) in [5.41, 5.74) is 4.97. The maximum Gasteiger partial charge on any atom is 0.187 e. The number of ether oxygens (including phenoxy) is 1. The maximum atomic E-state index is 5.54. The normalized spacial score (nSPS) is 18.6. The summed E-state index contributed by atoms with van der Waals surface area (Å²) in [5.74, 6) is 0. The second-order valence-electron chi connectivity index (χ2n) is 4.88. The first-order valence-electron chi connectivity index (χ1n) is 7.17. The number of nitrogens with zero attached hydrogens (tertiary/aromatic N) is 1. The quantitative estimate of drug-likeness (QED) is 0.475. The van der Waals surface area contributed by atoms with E-state index in [0.717, 1.165) is 48.2 Å². The van der Waals surface area contributed by atoms with E-state index in [1.807, 2.05) is 24.3 Å². The van der Waals surface area contributed by atoms with Crippen LogP contribution in [0.3, 0.4) is 0 Å². The average Bonchev–Trinajstić information content (AvgIpc) is 2.99. The Morgan fingerprint density at radius 2 is 2.38 bits per heavy atom. The second kappa shape index (κ2) is 8.46. The van der Waals surface area contributed by atoms with E-state index in [4.69, 9.17) is 17.0 Å². The van der Waals surface area contributed by atoms with Crippen LogP contribution in [0.1, 0.15) is 31.7 Å². The van der Waals surface area contributed by atoms with Gasteiger partial charge in [-0.25, -0.2) is 0 Å². The van der Waals surface area contributed by atoms with Gasteiger partial charge in [-0.15, -0.1) is 0 Å². The third-order valence-electron chi connectivity index (χ3n) is 3.30. The summed E-state index contributed by atoms with van der Waals surface area (Å²) in [6.45, 7) is 3.66. The number of nitrogens with one attached hydrogen (secondary N) is 2. The van der Waals surface area contributed by atoms with Gasteiger partial charge >= 0.3 is 0 Å². The summed E-state index contributed by atoms with van der Waals surface area (Å²) in [6, 6.07) is 8.08. The maximum absolute atomic E-state index is 5.54. The number of hydrogen-bond donors (Lipinski definition) is 2. The molecule has 0 amide bonds. The Bertz CT molecular complexity index is 515. The number of hydrogen-bond acceptors (Lipinski definition) is 3. The summed E-state index contributed by atoms with van der Waals surface area (Å²) in [5, 5.41) is 8.08. The summed E-state index contributed by atoms with van der Waals surface area (Å²) in [4.78, 5) is 0. The Balaban J connectivity index is 1.86. The minimum atomic E-state index is 0.268. The van der Waals surface area contributed by atoms with Crippen molar-refractivity contribution in [3.63, 3.8) is 0 Å². The average molecular weight is 370 g/mol. The second-order valence-corrected chi connectivity index (χ2v) is 6.20. The first-order valence-corrected chi connectivity index (χ1v) is 8.37. The fourth-order valence-electron chi connectivity index (χ4n) is 2.19. The van der Waals surface area contributed by atoms with Crippen LogP contribution in [-0.4, -0.2) is 30.1 Å². The van der Waals surface area contributed by atoms with E-state index in [2.05, 4.69) is 38.7 Å². The van der Waals surface area contributed by atoms with Gasteiger partial charge < -0.3 is 10.1 Å². The molecule has 0 spiro atoms. The molecule has 4 nitrogen and oxygen atoms in total. The Morgan fingerprint density at radius 1 is 1.52 bits per heavy atom. The van der Waals surface area contributed by atoms with Crippen LogP contribution >= 0.6 is 28.1 Å². The van der Waals surface area contributed by atoms with E-state index >= 15 is 0 Å². The monoisotopic (exact) mass is 369 g/mol. The largest absolute Gasteiger partial charge is 0.376 e. The first kappa shape index (κ1) is 16.4. The van der Waals surface area contributed by atoms with Gasteiger partial charge in [-0.1, -0.05) is 35.0 Å². The van der Waals surface area contributed by atoms with Crippen LogP contribution < -0.4 is 10.7 Å². The molecule has 0 radical (unpaired) electrons. The predicted octanol–water partition coefficient (Wildman–Crippen LogP) is 3.21. The van der Waals surface area contributed by atoms with Crippen molar-refractivity contribution in [1.29, 1.82) is 0 Å². The Hall–Kier alpha value is -0.980. The number of halogens is 1. The highest BCUT2D eigenvalue weighted by molar-refractivity contribution is 9.10. The SMILES string of the molecule is CC/C(=N/NC(=S)NC[C@H]1CCCO1)c1cccc(Br)c1. The molecule has 1 heterocycles. The van der Waals surface area contributed by atoms with Crippen molar-refractivity contribution in [3.8, 4) is 0 Å². The summed E-state index contributed by atoms with van der Waals surface area (Å²) < 4.78 is 6.58. The van der Waals surface area contributed by atoms with Gasteiger partial charge in [0.05, 0.1) is 11.8 Å². The van der Waals surface area contributed by atoms with E-state index in [1.54, 1.807) is 0 Å². The van der Waals surface area contributed by atoms with Crippen molar-refractivity contribution < 1.29 is 4.74 Å². The summed E-state index contributed by atoms with van der Waals surface area (Å²) >= 11 is 8.71. The molecule has 21 heavy (non-hydrogen) atoms. The van der Waals surface area contributed by atoms with E-state index in [0.29, 0.717) is 5.11 Å². The molecule has 1 saturated heterocycles. The molecule has 114 valence electrons. The lowest BCUT2D eigenvalue weighted by Crippen LogP contribution is -2.37. The van der Waals surface area contributed by atoms with Gasteiger partial charge in [-0.3, -0.25) is 5.43 Å².